The van der Waals surface area contributed by atoms with E-state index in [1.165, 1.54) is 11.8 Å². The van der Waals surface area contributed by atoms with E-state index in [2.05, 4.69) is 5.10 Å². The maximum absolute atomic E-state index is 12.1. The van der Waals surface area contributed by atoms with Crippen molar-refractivity contribution < 1.29 is 14.6 Å². The molecule has 0 bridgehead atoms. The van der Waals surface area contributed by atoms with E-state index in [9.17, 15) is 9.90 Å². The lowest BCUT2D eigenvalue weighted by molar-refractivity contribution is -0.131. The minimum Gasteiger partial charge on any atom is -0.504 e. The Morgan fingerprint density at radius 3 is 2.86 bits per heavy atom. The summed E-state index contributed by atoms with van der Waals surface area (Å²) in [5.41, 5.74) is 6.37. The van der Waals surface area contributed by atoms with Crippen LogP contribution in [0.3, 0.4) is 0 Å². The van der Waals surface area contributed by atoms with E-state index in [1.54, 1.807) is 42.4 Å². The van der Waals surface area contributed by atoms with Gasteiger partial charge >= 0.3 is 0 Å². The molecule has 0 fully saturated rings. The Kier molecular flexibility index (Phi) is 4.32. The van der Waals surface area contributed by atoms with Crippen molar-refractivity contribution in [2.24, 2.45) is 0 Å². The van der Waals surface area contributed by atoms with E-state index in [-0.39, 0.29) is 18.2 Å². The minimum absolute atomic E-state index is 0.0715. The molecular formula is C14H18N4O3. The van der Waals surface area contributed by atoms with Gasteiger partial charge in [-0.15, -0.1) is 0 Å². The molecule has 7 heteroatoms. The number of phenolic OH excluding ortho intramolecular Hbond substituents is 1. The standard InChI is InChI=1S/C14H18N4O3/c1-17(14(20)9-18-6-5-13(15)16-18)8-10-3-4-11(19)12(7-10)21-2/h3-7,19H,8-9H2,1-2H3,(H2,15,16). The molecule has 7 nitrogen and oxygen atoms in total. The van der Waals surface area contributed by atoms with Crippen molar-refractivity contribution in [2.45, 2.75) is 13.1 Å². The number of aromatic hydroxyl groups is 1. The molecule has 1 aromatic carbocycles. The zero-order chi connectivity index (χ0) is 15.4. The predicted molar refractivity (Wildman–Crippen MR) is 77.8 cm³/mol. The highest BCUT2D eigenvalue weighted by molar-refractivity contribution is 5.75. The molecule has 1 aromatic heterocycles. The van der Waals surface area contributed by atoms with E-state index in [0.29, 0.717) is 18.1 Å². The van der Waals surface area contributed by atoms with Gasteiger partial charge in [-0.25, -0.2) is 0 Å². The second-order valence-corrected chi connectivity index (χ2v) is 4.69. The number of carbonyl (C=O) groups is 1. The molecule has 21 heavy (non-hydrogen) atoms. The van der Waals surface area contributed by atoms with Crippen LogP contribution in [0.1, 0.15) is 5.56 Å². The average molecular weight is 290 g/mol. The van der Waals surface area contributed by atoms with Gasteiger partial charge in [-0.05, 0) is 23.8 Å². The van der Waals surface area contributed by atoms with Crippen LogP contribution >= 0.6 is 0 Å². The number of nitrogen functional groups attached to an aromatic ring is 1. The summed E-state index contributed by atoms with van der Waals surface area (Å²) in [7, 11) is 3.18. The first-order valence-electron chi connectivity index (χ1n) is 6.38. The van der Waals surface area contributed by atoms with Crippen molar-refractivity contribution in [3.63, 3.8) is 0 Å². The first-order valence-corrected chi connectivity index (χ1v) is 6.38. The minimum atomic E-state index is -0.0925. The van der Waals surface area contributed by atoms with Crippen molar-refractivity contribution in [3.8, 4) is 11.5 Å². The molecule has 0 aliphatic rings. The maximum atomic E-state index is 12.1. The number of benzene rings is 1. The molecule has 2 rings (SSSR count). The quantitative estimate of drug-likeness (QED) is 0.851. The molecule has 0 radical (unpaired) electrons. The Morgan fingerprint density at radius 2 is 2.24 bits per heavy atom. The van der Waals surface area contributed by atoms with Gasteiger partial charge in [0.25, 0.3) is 0 Å². The molecule has 0 aliphatic carbocycles. The van der Waals surface area contributed by atoms with E-state index < -0.39 is 0 Å². The van der Waals surface area contributed by atoms with Crippen LogP contribution < -0.4 is 10.5 Å². The third-order valence-corrected chi connectivity index (χ3v) is 3.05. The van der Waals surface area contributed by atoms with Gasteiger partial charge < -0.3 is 20.5 Å². The van der Waals surface area contributed by atoms with Gasteiger partial charge in [0.05, 0.1) is 7.11 Å². The van der Waals surface area contributed by atoms with Crippen molar-refractivity contribution in [2.75, 3.05) is 19.9 Å². The van der Waals surface area contributed by atoms with Crippen LogP contribution in [0, 0.1) is 0 Å². The Hall–Kier alpha value is -2.70. The summed E-state index contributed by atoms with van der Waals surface area (Å²) in [6, 6.07) is 6.62. The number of hydrogen-bond donors (Lipinski definition) is 2. The zero-order valence-electron chi connectivity index (χ0n) is 12.0. The number of ether oxygens (including phenoxy) is 1. The third kappa shape index (κ3) is 3.65. The van der Waals surface area contributed by atoms with Crippen LogP contribution in [0.4, 0.5) is 5.82 Å². The van der Waals surface area contributed by atoms with Crippen molar-refractivity contribution in [1.29, 1.82) is 0 Å². The summed E-state index contributed by atoms with van der Waals surface area (Å²) in [4.78, 5) is 13.7. The van der Waals surface area contributed by atoms with E-state index >= 15 is 0 Å². The number of rotatable bonds is 5. The van der Waals surface area contributed by atoms with Crippen molar-refractivity contribution in [1.82, 2.24) is 14.7 Å². The number of likely N-dealkylation sites (N-methyl/N-ethyl adjacent to an activating group) is 1. The normalized spacial score (nSPS) is 10.4. The first kappa shape index (κ1) is 14.7. The average Bonchev–Trinajstić information content (AvgIpc) is 2.86. The SMILES string of the molecule is COc1cc(CN(C)C(=O)Cn2ccc(N)n2)ccc1O. The maximum Gasteiger partial charge on any atom is 0.244 e. The second-order valence-electron chi connectivity index (χ2n) is 4.69. The fraction of sp³-hybridized carbons (Fsp3) is 0.286. The van der Waals surface area contributed by atoms with Gasteiger partial charge in [-0.2, -0.15) is 5.10 Å². The summed E-state index contributed by atoms with van der Waals surface area (Å²) in [6.45, 7) is 0.537. The van der Waals surface area contributed by atoms with Gasteiger partial charge in [0.15, 0.2) is 11.5 Å². The number of nitrogens with zero attached hydrogens (tertiary/aromatic N) is 3. The summed E-state index contributed by atoms with van der Waals surface area (Å²) in [5, 5.41) is 13.5. The molecule has 0 atom stereocenters. The monoisotopic (exact) mass is 290 g/mol. The summed E-state index contributed by atoms with van der Waals surface area (Å²) in [5.74, 6) is 0.745. The number of anilines is 1. The molecule has 0 spiro atoms. The first-order chi connectivity index (χ1) is 9.99. The Balaban J connectivity index is 2.00. The van der Waals surface area contributed by atoms with E-state index in [1.807, 2.05) is 0 Å². The molecule has 1 heterocycles. The number of carbonyl (C=O) groups excluding carboxylic acids is 1. The van der Waals surface area contributed by atoms with E-state index in [4.69, 9.17) is 10.5 Å². The van der Waals surface area contributed by atoms with Gasteiger partial charge in [0, 0.05) is 19.8 Å². The fourth-order valence-corrected chi connectivity index (χ4v) is 1.91. The molecule has 0 unspecified atom stereocenters. The number of amides is 1. The number of aromatic nitrogens is 2. The summed E-state index contributed by atoms with van der Waals surface area (Å²) >= 11 is 0. The zero-order valence-corrected chi connectivity index (χ0v) is 12.0. The second kappa shape index (κ2) is 6.17. The number of phenols is 1. The largest absolute Gasteiger partial charge is 0.504 e. The van der Waals surface area contributed by atoms with Crippen LogP contribution in [-0.2, 0) is 17.9 Å². The molecule has 0 saturated carbocycles. The number of nitrogens with two attached hydrogens (primary N) is 1. The summed E-state index contributed by atoms with van der Waals surface area (Å²) < 4.78 is 6.54. The molecule has 3 N–H and O–H groups in total. The Bertz CT molecular complexity index is 639. The van der Waals surface area contributed by atoms with Crippen LogP contribution in [0.2, 0.25) is 0 Å². The lowest BCUT2D eigenvalue weighted by Gasteiger charge is -2.18. The van der Waals surface area contributed by atoms with Crippen molar-refractivity contribution in [3.05, 3.63) is 36.0 Å². The molecular weight excluding hydrogens is 272 g/mol. The van der Waals surface area contributed by atoms with Crippen LogP contribution in [-0.4, -0.2) is 39.9 Å². The summed E-state index contributed by atoms with van der Waals surface area (Å²) in [6.07, 6.45) is 1.66. The van der Waals surface area contributed by atoms with Gasteiger partial charge in [-0.1, -0.05) is 6.07 Å². The predicted octanol–water partition coefficient (Wildman–Crippen LogP) is 0.838. The topological polar surface area (TPSA) is 93.6 Å². The van der Waals surface area contributed by atoms with E-state index in [0.717, 1.165) is 5.56 Å². The van der Waals surface area contributed by atoms with Crippen molar-refractivity contribution >= 4 is 11.7 Å². The highest BCUT2D eigenvalue weighted by Gasteiger charge is 2.12. The molecule has 2 aromatic rings. The van der Waals surface area contributed by atoms with Gasteiger partial charge in [0.2, 0.25) is 5.91 Å². The number of hydrogen-bond acceptors (Lipinski definition) is 5. The van der Waals surface area contributed by atoms with Crippen LogP contribution in [0.25, 0.3) is 0 Å². The highest BCUT2D eigenvalue weighted by atomic mass is 16.5. The van der Waals surface area contributed by atoms with Crippen LogP contribution in [0.15, 0.2) is 30.5 Å². The fourth-order valence-electron chi connectivity index (χ4n) is 1.91. The Morgan fingerprint density at radius 1 is 1.48 bits per heavy atom. The van der Waals surface area contributed by atoms with Crippen LogP contribution in [0.5, 0.6) is 11.5 Å². The number of methoxy groups -OCH3 is 1. The van der Waals surface area contributed by atoms with Gasteiger partial charge in [0.1, 0.15) is 12.4 Å². The molecule has 112 valence electrons. The lowest BCUT2D eigenvalue weighted by Crippen LogP contribution is -2.30. The van der Waals surface area contributed by atoms with Gasteiger partial charge in [-0.3, -0.25) is 9.48 Å². The molecule has 1 amide bonds. The lowest BCUT2D eigenvalue weighted by atomic mass is 10.2. The Labute approximate surface area is 122 Å². The molecule has 0 saturated heterocycles. The smallest absolute Gasteiger partial charge is 0.244 e. The molecule has 0 aliphatic heterocycles. The third-order valence-electron chi connectivity index (χ3n) is 3.05. The highest BCUT2D eigenvalue weighted by Crippen LogP contribution is 2.26.